The molecular weight excluding hydrogens is 686 g/mol. The van der Waals surface area contributed by atoms with Gasteiger partial charge in [0, 0.05) is 9.89 Å². The first kappa shape index (κ1) is 31.6. The molecule has 0 aliphatic carbocycles. The second kappa shape index (κ2) is 13.3. The number of hydrogen-bond acceptors (Lipinski definition) is 6. The average molecular weight is 717 g/mol. The summed E-state index contributed by atoms with van der Waals surface area (Å²) in [6.07, 6.45) is -0.296. The molecule has 7 nitrogen and oxygen atoms in total. The molecule has 0 spiro atoms. The van der Waals surface area contributed by atoms with Gasteiger partial charge >= 0.3 is 6.09 Å². The topological polar surface area (TPSA) is 90.9 Å². The highest BCUT2D eigenvalue weighted by Gasteiger charge is 2.25. The number of cyclic esters (lactones) is 1. The SMILES string of the molecule is COc1ccc(S(=O)(=O)c2ccc(Oc3ccc(C(C)(C)c4ccc(C)c(Br)c4)cc3Br)cc2)cc1.O=C1NCCO1. The molecule has 10 heteroatoms. The Balaban J connectivity index is 0.000000600. The molecule has 1 aliphatic heterocycles. The largest absolute Gasteiger partial charge is 0.497 e. The van der Waals surface area contributed by atoms with Crippen LogP contribution < -0.4 is 14.8 Å². The van der Waals surface area contributed by atoms with Gasteiger partial charge in [0.2, 0.25) is 9.84 Å². The van der Waals surface area contributed by atoms with Crippen LogP contribution in [-0.2, 0) is 20.0 Å². The van der Waals surface area contributed by atoms with E-state index < -0.39 is 9.84 Å². The summed E-state index contributed by atoms with van der Waals surface area (Å²) in [5, 5.41) is 2.46. The van der Waals surface area contributed by atoms with Crippen molar-refractivity contribution in [3.63, 3.8) is 0 Å². The molecule has 1 heterocycles. The van der Waals surface area contributed by atoms with E-state index in [9.17, 15) is 13.2 Å². The number of ether oxygens (including phenoxy) is 3. The summed E-state index contributed by atoms with van der Waals surface area (Å²) in [7, 11) is -2.10. The molecule has 1 saturated heterocycles. The maximum atomic E-state index is 13.0. The number of hydrogen-bond donors (Lipinski definition) is 1. The van der Waals surface area contributed by atoms with E-state index in [-0.39, 0.29) is 21.3 Å². The van der Waals surface area contributed by atoms with E-state index in [2.05, 4.69) is 93.0 Å². The first-order valence-corrected chi connectivity index (χ1v) is 16.1. The van der Waals surface area contributed by atoms with Crippen molar-refractivity contribution in [3.8, 4) is 17.2 Å². The van der Waals surface area contributed by atoms with E-state index in [4.69, 9.17) is 9.47 Å². The molecular formula is C32H31Br2NO6S. The number of rotatable bonds is 7. The van der Waals surface area contributed by atoms with Gasteiger partial charge in [-0.25, -0.2) is 13.2 Å². The summed E-state index contributed by atoms with van der Waals surface area (Å²) in [5.41, 5.74) is 3.32. The first-order valence-electron chi connectivity index (χ1n) is 13.1. The quantitative estimate of drug-likeness (QED) is 0.207. The maximum Gasteiger partial charge on any atom is 0.407 e. The average Bonchev–Trinajstić information content (AvgIpc) is 3.47. The van der Waals surface area contributed by atoms with Gasteiger partial charge in [-0.2, -0.15) is 0 Å². The van der Waals surface area contributed by atoms with Crippen LogP contribution in [0, 0.1) is 6.92 Å². The summed E-state index contributed by atoms with van der Waals surface area (Å²) in [5.74, 6) is 1.79. The summed E-state index contributed by atoms with van der Waals surface area (Å²) < 4.78 is 43.4. The van der Waals surface area contributed by atoms with Crippen LogP contribution in [0.3, 0.4) is 0 Å². The van der Waals surface area contributed by atoms with Crippen molar-refractivity contribution in [1.29, 1.82) is 0 Å². The minimum Gasteiger partial charge on any atom is -0.497 e. The highest BCUT2D eigenvalue weighted by atomic mass is 79.9. The lowest BCUT2D eigenvalue weighted by atomic mass is 9.78. The van der Waals surface area contributed by atoms with Gasteiger partial charge in [-0.15, -0.1) is 0 Å². The second-order valence-electron chi connectivity index (χ2n) is 10.0. The number of nitrogens with one attached hydrogen (secondary N) is 1. The molecule has 0 saturated carbocycles. The molecule has 0 radical (unpaired) electrons. The molecule has 220 valence electrons. The smallest absolute Gasteiger partial charge is 0.407 e. The summed E-state index contributed by atoms with van der Waals surface area (Å²) in [6.45, 7) is 7.64. The molecule has 1 N–H and O–H groups in total. The predicted octanol–water partition coefficient (Wildman–Crippen LogP) is 8.21. The number of benzene rings is 4. The lowest BCUT2D eigenvalue weighted by Crippen LogP contribution is -2.19. The van der Waals surface area contributed by atoms with Crippen molar-refractivity contribution in [1.82, 2.24) is 5.32 Å². The van der Waals surface area contributed by atoms with Crippen LogP contribution in [0.4, 0.5) is 4.79 Å². The Bertz CT molecular complexity index is 1660. The van der Waals surface area contributed by atoms with Gasteiger partial charge in [0.25, 0.3) is 0 Å². The van der Waals surface area contributed by atoms with Gasteiger partial charge in [-0.1, -0.05) is 48.0 Å². The van der Waals surface area contributed by atoms with E-state index in [0.29, 0.717) is 30.4 Å². The zero-order valence-corrected chi connectivity index (χ0v) is 27.6. The summed E-state index contributed by atoms with van der Waals surface area (Å²) in [4.78, 5) is 10.3. The lowest BCUT2D eigenvalue weighted by molar-refractivity contribution is 0.178. The molecule has 42 heavy (non-hydrogen) atoms. The molecule has 4 aromatic rings. The third kappa shape index (κ3) is 7.35. The number of aryl methyl sites for hydroxylation is 1. The number of halogens is 2. The highest BCUT2D eigenvalue weighted by molar-refractivity contribution is 9.10. The zero-order chi connectivity index (χ0) is 30.5. The van der Waals surface area contributed by atoms with Crippen LogP contribution in [0.5, 0.6) is 17.2 Å². The van der Waals surface area contributed by atoms with Gasteiger partial charge in [0.1, 0.15) is 23.9 Å². The summed E-state index contributed by atoms with van der Waals surface area (Å²) >= 11 is 7.28. The fourth-order valence-electron chi connectivity index (χ4n) is 4.17. The molecule has 0 atom stereocenters. The first-order chi connectivity index (χ1) is 19.9. The van der Waals surface area contributed by atoms with Crippen LogP contribution >= 0.6 is 31.9 Å². The van der Waals surface area contributed by atoms with E-state index >= 15 is 0 Å². The standard InChI is InChI=1S/C29H26Br2O4S.C3H5NO2/c1-19-5-6-20(17-26(19)30)29(2,3)21-7-16-28(27(31)18-21)35-23-10-14-25(15-11-23)36(32,33)24-12-8-22(34-4)9-13-24;5-3-4-1-2-6-3/h5-18H,1-4H3;1-2H2,(H,4,5). The molecule has 0 bridgehead atoms. The van der Waals surface area contributed by atoms with Gasteiger partial charge in [0.15, 0.2) is 0 Å². The second-order valence-corrected chi connectivity index (χ2v) is 13.7. The van der Waals surface area contributed by atoms with Crippen molar-refractivity contribution in [2.75, 3.05) is 20.3 Å². The summed E-state index contributed by atoms with van der Waals surface area (Å²) in [6, 6.07) is 25.2. The third-order valence-corrected chi connectivity index (χ3v) is 10.1. The fourth-order valence-corrected chi connectivity index (χ4v) is 6.27. The predicted molar refractivity (Wildman–Crippen MR) is 169 cm³/mol. The van der Waals surface area contributed by atoms with Gasteiger partial charge in [-0.05, 0) is 106 Å². The van der Waals surface area contributed by atoms with Gasteiger partial charge in [-0.3, -0.25) is 0 Å². The fraction of sp³-hybridized carbons (Fsp3) is 0.219. The van der Waals surface area contributed by atoms with Crippen LogP contribution in [0.2, 0.25) is 0 Å². The molecule has 1 fully saturated rings. The van der Waals surface area contributed by atoms with Crippen LogP contribution in [-0.4, -0.2) is 34.8 Å². The molecule has 5 rings (SSSR count). The number of amides is 1. The van der Waals surface area contributed by atoms with E-state index in [1.54, 1.807) is 36.4 Å². The van der Waals surface area contributed by atoms with Crippen molar-refractivity contribution >= 4 is 47.8 Å². The molecule has 0 unspecified atom stereocenters. The molecule has 1 aliphatic rings. The molecule has 1 amide bonds. The number of alkyl carbamates (subject to hydrolysis) is 1. The Morgan fingerprint density at radius 3 is 1.81 bits per heavy atom. The van der Waals surface area contributed by atoms with Crippen molar-refractivity contribution < 1.29 is 27.4 Å². The minimum atomic E-state index is -3.64. The maximum absolute atomic E-state index is 13.0. The van der Waals surface area contributed by atoms with Crippen molar-refractivity contribution in [2.45, 2.75) is 36.0 Å². The van der Waals surface area contributed by atoms with E-state index in [1.165, 1.54) is 30.4 Å². The Morgan fingerprint density at radius 1 is 0.810 bits per heavy atom. The van der Waals surface area contributed by atoms with Crippen LogP contribution in [0.1, 0.15) is 30.5 Å². The zero-order valence-electron chi connectivity index (χ0n) is 23.6. The Labute approximate surface area is 263 Å². The monoisotopic (exact) mass is 715 g/mol. The Hall–Kier alpha value is -3.34. The minimum absolute atomic E-state index is 0.195. The van der Waals surface area contributed by atoms with Crippen molar-refractivity contribution in [3.05, 3.63) is 111 Å². The molecule has 4 aromatic carbocycles. The number of sulfone groups is 1. The van der Waals surface area contributed by atoms with E-state index in [1.807, 2.05) is 6.07 Å². The van der Waals surface area contributed by atoms with Crippen LogP contribution in [0.15, 0.2) is 104 Å². The number of carbonyl (C=O) groups is 1. The van der Waals surface area contributed by atoms with Crippen LogP contribution in [0.25, 0.3) is 0 Å². The third-order valence-electron chi connectivity index (χ3n) is 6.88. The Kier molecular flexibility index (Phi) is 10.0. The number of carbonyl (C=O) groups excluding carboxylic acids is 1. The highest BCUT2D eigenvalue weighted by Crippen LogP contribution is 2.38. The van der Waals surface area contributed by atoms with Crippen molar-refractivity contribution in [2.24, 2.45) is 0 Å². The van der Waals surface area contributed by atoms with E-state index in [0.717, 1.165) is 14.5 Å². The van der Waals surface area contributed by atoms with Gasteiger partial charge < -0.3 is 19.5 Å². The Morgan fingerprint density at radius 2 is 1.36 bits per heavy atom. The lowest BCUT2D eigenvalue weighted by Gasteiger charge is -2.27. The van der Waals surface area contributed by atoms with Gasteiger partial charge in [0.05, 0.1) is 27.9 Å². The number of methoxy groups -OCH3 is 1. The molecule has 0 aromatic heterocycles. The normalized spacial score (nSPS) is 13.0.